The Balaban J connectivity index is 2.43. The summed E-state index contributed by atoms with van der Waals surface area (Å²) in [6.07, 6.45) is 2.66. The number of nitrogen functional groups attached to an aromatic ring is 1. The van der Waals surface area contributed by atoms with Crippen LogP contribution in [0.1, 0.15) is 19.3 Å². The molecule has 0 amide bonds. The Morgan fingerprint density at radius 2 is 2.15 bits per heavy atom. The standard InChI is InChI=1S/C13H20N2O4S/c1-19-12-6-5-10(14)9-13(12)20(17,18)15(7-8-16)11-3-2-4-11/h5-6,9,11,16H,2-4,7-8,14H2,1H3. The molecule has 1 fully saturated rings. The Labute approximate surface area is 119 Å². The van der Waals surface area contributed by atoms with Crippen LogP contribution in [0.2, 0.25) is 0 Å². The molecule has 6 nitrogen and oxygen atoms in total. The van der Waals surface area contributed by atoms with Crippen LogP contribution in [0.15, 0.2) is 23.1 Å². The number of methoxy groups -OCH3 is 1. The van der Waals surface area contributed by atoms with E-state index in [4.69, 9.17) is 15.6 Å². The number of anilines is 1. The molecule has 2 rings (SSSR count). The van der Waals surface area contributed by atoms with Crippen molar-refractivity contribution in [2.45, 2.75) is 30.2 Å². The first-order valence-corrected chi connectivity index (χ1v) is 8.01. The summed E-state index contributed by atoms with van der Waals surface area (Å²) in [5.41, 5.74) is 6.05. The molecule has 0 spiro atoms. The first kappa shape index (κ1) is 15.1. The van der Waals surface area contributed by atoms with E-state index in [1.54, 1.807) is 12.1 Å². The third-order valence-electron chi connectivity index (χ3n) is 3.58. The van der Waals surface area contributed by atoms with E-state index in [-0.39, 0.29) is 29.8 Å². The highest BCUT2D eigenvalue weighted by atomic mass is 32.2. The second-order valence-electron chi connectivity index (χ2n) is 4.83. The summed E-state index contributed by atoms with van der Waals surface area (Å²) in [7, 11) is -2.30. The predicted octanol–water partition coefficient (Wildman–Crippen LogP) is 0.813. The van der Waals surface area contributed by atoms with Crippen molar-refractivity contribution in [3.63, 3.8) is 0 Å². The van der Waals surface area contributed by atoms with E-state index in [2.05, 4.69) is 0 Å². The Bertz CT molecular complexity index is 570. The SMILES string of the molecule is COc1ccc(N)cc1S(=O)(=O)N(CCO)C1CCC1. The first-order valence-electron chi connectivity index (χ1n) is 6.57. The molecule has 7 heteroatoms. The average Bonchev–Trinajstić information content (AvgIpc) is 2.36. The normalized spacial score (nSPS) is 16.1. The minimum absolute atomic E-state index is 0.0433. The summed E-state index contributed by atoms with van der Waals surface area (Å²) >= 11 is 0. The maximum atomic E-state index is 12.8. The van der Waals surface area contributed by atoms with Gasteiger partial charge >= 0.3 is 0 Å². The molecule has 0 unspecified atom stereocenters. The van der Waals surface area contributed by atoms with Crippen molar-refractivity contribution in [2.24, 2.45) is 0 Å². The number of aliphatic hydroxyl groups excluding tert-OH is 1. The smallest absolute Gasteiger partial charge is 0.247 e. The Kier molecular flexibility index (Phi) is 4.52. The summed E-state index contributed by atoms with van der Waals surface area (Å²) in [6.45, 7) is -0.120. The molecule has 112 valence electrons. The van der Waals surface area contributed by atoms with Crippen LogP contribution in [0.3, 0.4) is 0 Å². The van der Waals surface area contributed by atoms with Gasteiger partial charge < -0.3 is 15.6 Å². The molecule has 1 aliphatic rings. The van der Waals surface area contributed by atoms with Crippen LogP contribution in [-0.4, -0.2) is 44.1 Å². The Morgan fingerprint density at radius 1 is 1.45 bits per heavy atom. The second-order valence-corrected chi connectivity index (χ2v) is 6.69. The highest BCUT2D eigenvalue weighted by Gasteiger charge is 2.36. The quantitative estimate of drug-likeness (QED) is 0.759. The molecule has 20 heavy (non-hydrogen) atoms. The molecular formula is C13H20N2O4S. The Morgan fingerprint density at radius 3 is 2.65 bits per heavy atom. The predicted molar refractivity (Wildman–Crippen MR) is 76.0 cm³/mol. The maximum Gasteiger partial charge on any atom is 0.247 e. The van der Waals surface area contributed by atoms with Gasteiger partial charge in [0.2, 0.25) is 10.0 Å². The number of rotatable bonds is 6. The maximum absolute atomic E-state index is 12.8. The van der Waals surface area contributed by atoms with Crippen molar-refractivity contribution in [1.29, 1.82) is 0 Å². The van der Waals surface area contributed by atoms with Gasteiger partial charge in [-0.3, -0.25) is 0 Å². The van der Waals surface area contributed by atoms with E-state index < -0.39 is 10.0 Å². The fourth-order valence-corrected chi connectivity index (χ4v) is 4.16. The molecule has 1 aliphatic carbocycles. The van der Waals surface area contributed by atoms with Crippen molar-refractivity contribution in [1.82, 2.24) is 4.31 Å². The number of benzene rings is 1. The minimum Gasteiger partial charge on any atom is -0.495 e. The largest absolute Gasteiger partial charge is 0.495 e. The average molecular weight is 300 g/mol. The van der Waals surface area contributed by atoms with Crippen molar-refractivity contribution in [2.75, 3.05) is 26.0 Å². The van der Waals surface area contributed by atoms with Gasteiger partial charge in [-0.15, -0.1) is 0 Å². The second kappa shape index (κ2) is 5.99. The highest BCUT2D eigenvalue weighted by Crippen LogP contribution is 2.34. The van der Waals surface area contributed by atoms with Gasteiger partial charge in [0.05, 0.1) is 13.7 Å². The molecule has 0 aliphatic heterocycles. The van der Waals surface area contributed by atoms with Gasteiger partial charge in [-0.05, 0) is 31.0 Å². The number of hydrogen-bond acceptors (Lipinski definition) is 5. The zero-order valence-corrected chi connectivity index (χ0v) is 12.3. The number of ether oxygens (including phenoxy) is 1. The lowest BCUT2D eigenvalue weighted by molar-refractivity contribution is 0.178. The van der Waals surface area contributed by atoms with Crippen LogP contribution in [-0.2, 0) is 10.0 Å². The highest BCUT2D eigenvalue weighted by molar-refractivity contribution is 7.89. The van der Waals surface area contributed by atoms with E-state index >= 15 is 0 Å². The molecule has 1 saturated carbocycles. The van der Waals surface area contributed by atoms with Crippen molar-refractivity contribution in [3.8, 4) is 5.75 Å². The molecular weight excluding hydrogens is 280 g/mol. The van der Waals surface area contributed by atoms with Gasteiger partial charge in [0.15, 0.2) is 0 Å². The molecule has 0 atom stereocenters. The molecule has 0 bridgehead atoms. The van der Waals surface area contributed by atoms with Gasteiger partial charge in [0.25, 0.3) is 0 Å². The van der Waals surface area contributed by atoms with E-state index in [0.717, 1.165) is 19.3 Å². The third-order valence-corrected chi connectivity index (χ3v) is 5.55. The summed E-state index contributed by atoms with van der Waals surface area (Å²) in [4.78, 5) is 0.0559. The van der Waals surface area contributed by atoms with Crippen LogP contribution in [0.25, 0.3) is 0 Å². The van der Waals surface area contributed by atoms with Crippen LogP contribution in [0, 0.1) is 0 Å². The summed E-state index contributed by atoms with van der Waals surface area (Å²) < 4.78 is 32.0. The molecule has 0 heterocycles. The van der Waals surface area contributed by atoms with Gasteiger partial charge in [-0.2, -0.15) is 4.31 Å². The van der Waals surface area contributed by atoms with Gasteiger partial charge in [-0.25, -0.2) is 8.42 Å². The topological polar surface area (TPSA) is 92.9 Å². The lowest BCUT2D eigenvalue weighted by Gasteiger charge is -2.36. The van der Waals surface area contributed by atoms with E-state index in [9.17, 15) is 8.42 Å². The molecule has 3 N–H and O–H groups in total. The van der Waals surface area contributed by atoms with Crippen LogP contribution in [0.5, 0.6) is 5.75 Å². The van der Waals surface area contributed by atoms with Crippen molar-refractivity contribution < 1.29 is 18.3 Å². The summed E-state index contributed by atoms with van der Waals surface area (Å²) in [5, 5.41) is 9.13. The monoisotopic (exact) mass is 300 g/mol. The van der Waals surface area contributed by atoms with E-state index in [0.29, 0.717) is 5.69 Å². The number of hydrogen-bond donors (Lipinski definition) is 2. The lowest BCUT2D eigenvalue weighted by Crippen LogP contribution is -2.45. The third kappa shape index (κ3) is 2.74. The van der Waals surface area contributed by atoms with Crippen LogP contribution < -0.4 is 10.5 Å². The van der Waals surface area contributed by atoms with Crippen molar-refractivity contribution in [3.05, 3.63) is 18.2 Å². The molecule has 0 saturated heterocycles. The summed E-state index contributed by atoms with van der Waals surface area (Å²) in [5.74, 6) is 0.265. The number of nitrogens with zero attached hydrogens (tertiary/aromatic N) is 1. The minimum atomic E-state index is -3.72. The van der Waals surface area contributed by atoms with Crippen molar-refractivity contribution >= 4 is 15.7 Å². The number of nitrogens with two attached hydrogens (primary N) is 1. The molecule has 1 aromatic rings. The zero-order valence-electron chi connectivity index (χ0n) is 11.4. The molecule has 0 aromatic heterocycles. The van der Waals surface area contributed by atoms with Gasteiger partial charge in [0, 0.05) is 18.3 Å². The fourth-order valence-electron chi connectivity index (χ4n) is 2.29. The Hall–Kier alpha value is -1.31. The van der Waals surface area contributed by atoms with Gasteiger partial charge in [-0.1, -0.05) is 6.42 Å². The summed E-state index contributed by atoms with van der Waals surface area (Å²) in [6, 6.07) is 4.49. The lowest BCUT2D eigenvalue weighted by atomic mass is 9.93. The van der Waals surface area contributed by atoms with E-state index in [1.807, 2.05) is 0 Å². The van der Waals surface area contributed by atoms with E-state index in [1.165, 1.54) is 17.5 Å². The van der Waals surface area contributed by atoms with Crippen LogP contribution in [0.4, 0.5) is 5.69 Å². The first-order chi connectivity index (χ1) is 9.50. The fraction of sp³-hybridized carbons (Fsp3) is 0.538. The zero-order chi connectivity index (χ0) is 14.8. The van der Waals surface area contributed by atoms with Crippen LogP contribution >= 0.6 is 0 Å². The molecule has 1 aromatic carbocycles. The molecule has 0 radical (unpaired) electrons. The number of aliphatic hydroxyl groups is 1. The van der Waals surface area contributed by atoms with Gasteiger partial charge in [0.1, 0.15) is 10.6 Å². The number of sulfonamides is 1.